The summed E-state index contributed by atoms with van der Waals surface area (Å²) in [6, 6.07) is 0. The highest BCUT2D eigenvalue weighted by molar-refractivity contribution is 5.46. The van der Waals surface area contributed by atoms with Gasteiger partial charge >= 0.3 is 0 Å². The Labute approximate surface area is 108 Å². The minimum absolute atomic E-state index is 0.00643. The third-order valence-corrected chi connectivity index (χ3v) is 2.49. The van der Waals surface area contributed by atoms with Crippen LogP contribution in [0.2, 0.25) is 0 Å². The monoisotopic (exact) mass is 254 g/mol. The first-order valence-corrected chi connectivity index (χ1v) is 6.04. The van der Waals surface area contributed by atoms with E-state index in [0.717, 1.165) is 17.9 Å². The second-order valence-electron chi connectivity index (χ2n) is 3.95. The molecule has 0 saturated heterocycles. The molecule has 6 heteroatoms. The van der Waals surface area contributed by atoms with Gasteiger partial charge in [0.05, 0.1) is 12.7 Å². The van der Waals surface area contributed by atoms with Crippen LogP contribution >= 0.6 is 0 Å². The molecular formula is C12H22N4O2. The largest absolute Gasteiger partial charge is 0.382 e. The van der Waals surface area contributed by atoms with E-state index in [1.54, 1.807) is 20.4 Å². The van der Waals surface area contributed by atoms with Gasteiger partial charge in [0, 0.05) is 39.1 Å². The molecular weight excluding hydrogens is 232 g/mol. The van der Waals surface area contributed by atoms with E-state index in [2.05, 4.69) is 20.6 Å². The molecule has 1 aromatic heterocycles. The van der Waals surface area contributed by atoms with Crippen molar-refractivity contribution in [2.45, 2.75) is 20.0 Å². The van der Waals surface area contributed by atoms with E-state index in [1.165, 1.54) is 0 Å². The van der Waals surface area contributed by atoms with Gasteiger partial charge in [-0.15, -0.1) is 0 Å². The summed E-state index contributed by atoms with van der Waals surface area (Å²) in [6.07, 6.45) is 1.80. The van der Waals surface area contributed by atoms with Crippen LogP contribution in [0, 0.1) is 6.92 Å². The van der Waals surface area contributed by atoms with Crippen LogP contribution in [0.5, 0.6) is 0 Å². The molecule has 1 heterocycles. The second kappa shape index (κ2) is 7.84. The van der Waals surface area contributed by atoms with Gasteiger partial charge in [0.2, 0.25) is 5.95 Å². The zero-order valence-corrected chi connectivity index (χ0v) is 11.5. The van der Waals surface area contributed by atoms with Gasteiger partial charge in [-0.1, -0.05) is 0 Å². The lowest BCUT2D eigenvalue weighted by Gasteiger charge is -2.16. The number of methoxy groups -OCH3 is 2. The van der Waals surface area contributed by atoms with Gasteiger partial charge in [-0.25, -0.2) is 4.98 Å². The van der Waals surface area contributed by atoms with Gasteiger partial charge in [0.15, 0.2) is 0 Å². The van der Waals surface area contributed by atoms with Crippen LogP contribution in [-0.2, 0) is 9.47 Å². The maximum Gasteiger partial charge on any atom is 0.224 e. The lowest BCUT2D eigenvalue weighted by Crippen LogP contribution is -2.27. The van der Waals surface area contributed by atoms with Crippen molar-refractivity contribution in [1.82, 2.24) is 9.97 Å². The molecule has 0 aliphatic heterocycles. The molecule has 0 fully saturated rings. The Morgan fingerprint density at radius 3 is 2.72 bits per heavy atom. The lowest BCUT2D eigenvalue weighted by atomic mass is 10.3. The third kappa shape index (κ3) is 4.46. The van der Waals surface area contributed by atoms with Crippen molar-refractivity contribution in [2.24, 2.45) is 0 Å². The Morgan fingerprint density at radius 1 is 1.33 bits per heavy atom. The van der Waals surface area contributed by atoms with Gasteiger partial charge in [-0.2, -0.15) is 4.98 Å². The van der Waals surface area contributed by atoms with Crippen molar-refractivity contribution >= 4 is 11.8 Å². The first kappa shape index (κ1) is 14.7. The maximum absolute atomic E-state index is 5.28. The summed E-state index contributed by atoms with van der Waals surface area (Å²) >= 11 is 0. The summed E-state index contributed by atoms with van der Waals surface area (Å²) in [4.78, 5) is 8.59. The van der Waals surface area contributed by atoms with Crippen molar-refractivity contribution in [3.05, 3.63) is 11.8 Å². The first-order chi connectivity index (χ1) is 8.71. The molecule has 0 aliphatic carbocycles. The minimum atomic E-state index is 0.00643. The molecule has 2 N–H and O–H groups in total. The second-order valence-corrected chi connectivity index (χ2v) is 3.95. The predicted octanol–water partition coefficient (Wildman–Crippen LogP) is 1.29. The molecule has 1 aromatic rings. The molecule has 6 nitrogen and oxygen atoms in total. The van der Waals surface area contributed by atoms with Crippen LogP contribution in [0.4, 0.5) is 11.8 Å². The number of hydrogen-bond acceptors (Lipinski definition) is 6. The molecule has 18 heavy (non-hydrogen) atoms. The SMILES string of the molecule is CCNc1ncc(C)c(NCC(COC)OC)n1. The van der Waals surface area contributed by atoms with Gasteiger partial charge in [0.25, 0.3) is 0 Å². The van der Waals surface area contributed by atoms with Gasteiger partial charge in [-0.05, 0) is 13.8 Å². The van der Waals surface area contributed by atoms with Gasteiger partial charge in [0.1, 0.15) is 5.82 Å². The van der Waals surface area contributed by atoms with E-state index in [9.17, 15) is 0 Å². The molecule has 102 valence electrons. The van der Waals surface area contributed by atoms with Gasteiger partial charge in [-0.3, -0.25) is 0 Å². The van der Waals surface area contributed by atoms with E-state index in [4.69, 9.17) is 9.47 Å². The Kier molecular flexibility index (Phi) is 6.38. The van der Waals surface area contributed by atoms with Crippen LogP contribution in [0.15, 0.2) is 6.20 Å². The van der Waals surface area contributed by atoms with Gasteiger partial charge < -0.3 is 20.1 Å². The topological polar surface area (TPSA) is 68.3 Å². The average Bonchev–Trinajstić information content (AvgIpc) is 2.38. The smallest absolute Gasteiger partial charge is 0.224 e. The molecule has 1 rings (SSSR count). The van der Waals surface area contributed by atoms with E-state index in [-0.39, 0.29) is 6.10 Å². The van der Waals surface area contributed by atoms with E-state index < -0.39 is 0 Å². The summed E-state index contributed by atoms with van der Waals surface area (Å²) in [5, 5.41) is 6.34. The Hall–Kier alpha value is -1.40. The number of aromatic nitrogens is 2. The summed E-state index contributed by atoms with van der Waals surface area (Å²) in [6.45, 7) is 5.97. The number of ether oxygens (including phenoxy) is 2. The number of rotatable bonds is 8. The standard InChI is InChI=1S/C12H22N4O2/c1-5-13-12-15-6-9(2)11(16-12)14-7-10(18-4)8-17-3/h6,10H,5,7-8H2,1-4H3,(H2,13,14,15,16). The highest BCUT2D eigenvalue weighted by Crippen LogP contribution is 2.12. The highest BCUT2D eigenvalue weighted by atomic mass is 16.5. The molecule has 0 spiro atoms. The Balaban J connectivity index is 2.62. The van der Waals surface area contributed by atoms with Crippen molar-refractivity contribution in [3.8, 4) is 0 Å². The fourth-order valence-corrected chi connectivity index (χ4v) is 1.47. The molecule has 0 radical (unpaired) electrons. The van der Waals surface area contributed by atoms with Crippen molar-refractivity contribution in [3.63, 3.8) is 0 Å². The van der Waals surface area contributed by atoms with Crippen LogP contribution < -0.4 is 10.6 Å². The van der Waals surface area contributed by atoms with Crippen LogP contribution in [0.3, 0.4) is 0 Å². The zero-order chi connectivity index (χ0) is 13.4. The summed E-state index contributed by atoms with van der Waals surface area (Å²) in [5.74, 6) is 1.45. The van der Waals surface area contributed by atoms with Crippen molar-refractivity contribution in [1.29, 1.82) is 0 Å². The number of anilines is 2. The molecule has 1 atom stereocenters. The molecule has 0 amide bonds. The van der Waals surface area contributed by atoms with Crippen LogP contribution in [0.25, 0.3) is 0 Å². The predicted molar refractivity (Wildman–Crippen MR) is 72.1 cm³/mol. The maximum atomic E-state index is 5.28. The molecule has 0 bridgehead atoms. The molecule has 0 aliphatic rings. The minimum Gasteiger partial charge on any atom is -0.382 e. The third-order valence-electron chi connectivity index (χ3n) is 2.49. The Morgan fingerprint density at radius 2 is 2.11 bits per heavy atom. The molecule has 1 unspecified atom stereocenters. The van der Waals surface area contributed by atoms with Crippen molar-refractivity contribution in [2.75, 3.05) is 44.5 Å². The Bertz CT molecular complexity index is 360. The van der Waals surface area contributed by atoms with Crippen LogP contribution in [-0.4, -0.2) is 50.0 Å². The number of nitrogens with zero attached hydrogens (tertiary/aromatic N) is 2. The first-order valence-electron chi connectivity index (χ1n) is 6.04. The summed E-state index contributed by atoms with van der Waals surface area (Å²) in [7, 11) is 3.33. The fourth-order valence-electron chi connectivity index (χ4n) is 1.47. The molecule has 0 saturated carbocycles. The summed E-state index contributed by atoms with van der Waals surface area (Å²) < 4.78 is 10.3. The number of nitrogens with one attached hydrogen (secondary N) is 2. The number of aryl methyl sites for hydroxylation is 1. The molecule has 0 aromatic carbocycles. The van der Waals surface area contributed by atoms with E-state index in [0.29, 0.717) is 19.1 Å². The number of hydrogen-bond donors (Lipinski definition) is 2. The zero-order valence-electron chi connectivity index (χ0n) is 11.5. The van der Waals surface area contributed by atoms with E-state index in [1.807, 2.05) is 13.8 Å². The van der Waals surface area contributed by atoms with E-state index >= 15 is 0 Å². The van der Waals surface area contributed by atoms with Crippen molar-refractivity contribution < 1.29 is 9.47 Å². The quantitative estimate of drug-likeness (QED) is 0.728. The van der Waals surface area contributed by atoms with Crippen LogP contribution in [0.1, 0.15) is 12.5 Å². The lowest BCUT2D eigenvalue weighted by molar-refractivity contribution is 0.0365. The average molecular weight is 254 g/mol. The fraction of sp³-hybridized carbons (Fsp3) is 0.667. The normalized spacial score (nSPS) is 12.2. The summed E-state index contributed by atoms with van der Waals surface area (Å²) in [5.41, 5.74) is 1.00. The highest BCUT2D eigenvalue weighted by Gasteiger charge is 2.09.